The first-order valence-corrected chi connectivity index (χ1v) is 10.9. The van der Waals surface area contributed by atoms with E-state index in [1.807, 2.05) is 31.2 Å². The number of unbranched alkanes of at least 4 members (excludes halogenated alkanes) is 1. The molecule has 0 aliphatic rings. The van der Waals surface area contributed by atoms with Crippen LogP contribution in [0.15, 0.2) is 48.5 Å². The highest BCUT2D eigenvalue weighted by Gasteiger charge is 2.27. The molecule has 31 heavy (non-hydrogen) atoms. The van der Waals surface area contributed by atoms with Crippen LogP contribution in [-0.2, 0) is 16.1 Å². The Hall–Kier alpha value is -2.89. The van der Waals surface area contributed by atoms with E-state index in [9.17, 15) is 14.0 Å². The fourth-order valence-electron chi connectivity index (χ4n) is 3.11. The zero-order valence-corrected chi connectivity index (χ0v) is 18.9. The Balaban J connectivity index is 2.11. The van der Waals surface area contributed by atoms with Gasteiger partial charge in [-0.15, -0.1) is 0 Å². The van der Waals surface area contributed by atoms with Crippen molar-refractivity contribution in [3.63, 3.8) is 0 Å². The molecule has 2 rings (SSSR count). The molecule has 5 nitrogen and oxygen atoms in total. The molecule has 0 heterocycles. The third kappa shape index (κ3) is 7.39. The fourth-order valence-corrected chi connectivity index (χ4v) is 3.11. The Labute approximate surface area is 184 Å². The monoisotopic (exact) mass is 428 g/mol. The number of halogens is 1. The minimum absolute atomic E-state index is 0.0104. The topological polar surface area (TPSA) is 58.6 Å². The van der Waals surface area contributed by atoms with Crippen molar-refractivity contribution in [2.45, 2.75) is 59.0 Å². The number of nitrogens with zero attached hydrogens (tertiary/aromatic N) is 1. The maximum Gasteiger partial charge on any atom is 0.261 e. The number of rotatable bonds is 11. The highest BCUT2D eigenvalue weighted by atomic mass is 19.1. The van der Waals surface area contributed by atoms with Crippen LogP contribution in [0, 0.1) is 5.82 Å². The maximum absolute atomic E-state index is 14.2. The van der Waals surface area contributed by atoms with Crippen LogP contribution in [0.25, 0.3) is 0 Å². The van der Waals surface area contributed by atoms with Gasteiger partial charge in [-0.25, -0.2) is 4.39 Å². The van der Waals surface area contributed by atoms with Crippen LogP contribution in [0.1, 0.15) is 57.6 Å². The number of carbonyl (C=O) groups excluding carboxylic acids is 2. The summed E-state index contributed by atoms with van der Waals surface area (Å²) in [5.74, 6) is -0.0829. The molecule has 0 fully saturated rings. The van der Waals surface area contributed by atoms with Gasteiger partial charge in [0.25, 0.3) is 5.91 Å². The smallest absolute Gasteiger partial charge is 0.261 e. The molecule has 168 valence electrons. The summed E-state index contributed by atoms with van der Waals surface area (Å²) < 4.78 is 19.9. The summed E-state index contributed by atoms with van der Waals surface area (Å²) >= 11 is 0. The number of hydrogen-bond donors (Lipinski definition) is 1. The molecule has 0 radical (unpaired) electrons. The number of hydrogen-bond acceptors (Lipinski definition) is 3. The first kappa shape index (κ1) is 24.4. The maximum atomic E-state index is 14.2. The Bertz CT molecular complexity index is 852. The van der Waals surface area contributed by atoms with Crippen LogP contribution in [0.5, 0.6) is 5.75 Å². The summed E-state index contributed by atoms with van der Waals surface area (Å²) in [7, 11) is 0. The molecule has 0 saturated carbocycles. The SMILES string of the molecule is CCCCNC(=O)C(C)N(Cc1ccccc1F)C(=O)COc1ccc(C(C)C)cc1. The van der Waals surface area contributed by atoms with Crippen LogP contribution in [0.2, 0.25) is 0 Å². The third-order valence-electron chi connectivity index (χ3n) is 5.20. The zero-order chi connectivity index (χ0) is 22.8. The fraction of sp³-hybridized carbons (Fsp3) is 0.440. The van der Waals surface area contributed by atoms with Crippen molar-refractivity contribution in [3.05, 3.63) is 65.5 Å². The summed E-state index contributed by atoms with van der Waals surface area (Å²) in [5, 5.41) is 2.84. The second kappa shape index (κ2) is 12.1. The predicted octanol–water partition coefficient (Wildman–Crippen LogP) is 4.66. The summed E-state index contributed by atoms with van der Waals surface area (Å²) in [6.45, 7) is 8.19. The number of amides is 2. The van der Waals surface area contributed by atoms with Gasteiger partial charge in [-0.2, -0.15) is 0 Å². The summed E-state index contributed by atoms with van der Waals surface area (Å²) in [4.78, 5) is 26.9. The predicted molar refractivity (Wildman–Crippen MR) is 120 cm³/mol. The highest BCUT2D eigenvalue weighted by Crippen LogP contribution is 2.19. The lowest BCUT2D eigenvalue weighted by atomic mass is 10.0. The van der Waals surface area contributed by atoms with Crippen molar-refractivity contribution in [3.8, 4) is 5.75 Å². The highest BCUT2D eigenvalue weighted by molar-refractivity contribution is 5.87. The Kier molecular flexibility index (Phi) is 9.50. The van der Waals surface area contributed by atoms with Crippen molar-refractivity contribution in [1.29, 1.82) is 0 Å². The Morgan fingerprint density at radius 2 is 1.74 bits per heavy atom. The number of benzene rings is 2. The van der Waals surface area contributed by atoms with E-state index < -0.39 is 11.9 Å². The number of nitrogens with one attached hydrogen (secondary N) is 1. The summed E-state index contributed by atoms with van der Waals surface area (Å²) in [6, 6.07) is 13.1. The Morgan fingerprint density at radius 3 is 2.35 bits per heavy atom. The molecule has 6 heteroatoms. The van der Waals surface area contributed by atoms with Crippen molar-refractivity contribution < 1.29 is 18.7 Å². The lowest BCUT2D eigenvalue weighted by molar-refractivity contribution is -0.142. The molecule has 2 aromatic rings. The summed E-state index contributed by atoms with van der Waals surface area (Å²) in [6.07, 6.45) is 1.81. The van der Waals surface area contributed by atoms with Gasteiger partial charge in [-0.05, 0) is 43.0 Å². The van der Waals surface area contributed by atoms with Gasteiger partial charge in [0.05, 0.1) is 0 Å². The minimum atomic E-state index is -0.754. The molecule has 0 aliphatic heterocycles. The second-order valence-electron chi connectivity index (χ2n) is 7.95. The largest absolute Gasteiger partial charge is 0.484 e. The van der Waals surface area contributed by atoms with E-state index in [1.54, 1.807) is 25.1 Å². The average Bonchev–Trinajstić information content (AvgIpc) is 2.76. The van der Waals surface area contributed by atoms with Gasteiger partial charge >= 0.3 is 0 Å². The lowest BCUT2D eigenvalue weighted by Gasteiger charge is -2.29. The van der Waals surface area contributed by atoms with Crippen LogP contribution in [0.3, 0.4) is 0 Å². The van der Waals surface area contributed by atoms with Gasteiger partial charge in [0.15, 0.2) is 6.61 Å². The van der Waals surface area contributed by atoms with E-state index in [0.29, 0.717) is 23.8 Å². The summed E-state index contributed by atoms with van der Waals surface area (Å²) in [5.41, 5.74) is 1.53. The lowest BCUT2D eigenvalue weighted by Crippen LogP contribution is -2.49. The minimum Gasteiger partial charge on any atom is -0.484 e. The first-order valence-electron chi connectivity index (χ1n) is 10.9. The van der Waals surface area contributed by atoms with Crippen molar-refractivity contribution in [2.24, 2.45) is 0 Å². The molecule has 1 N–H and O–H groups in total. The average molecular weight is 429 g/mol. The number of ether oxygens (including phenoxy) is 1. The van der Waals surface area contributed by atoms with Gasteiger partial charge in [0.2, 0.25) is 5.91 Å². The van der Waals surface area contributed by atoms with Gasteiger partial charge in [-0.1, -0.05) is 57.5 Å². The standard InChI is InChI=1S/C25H33FN2O3/c1-5-6-15-27-25(30)19(4)28(16-21-9-7-8-10-23(21)26)24(29)17-31-22-13-11-20(12-14-22)18(2)3/h7-14,18-19H,5-6,15-17H2,1-4H3,(H,27,30). The molecular formula is C25H33FN2O3. The molecule has 2 aromatic carbocycles. The van der Waals surface area contributed by atoms with Crippen molar-refractivity contribution in [2.75, 3.05) is 13.2 Å². The van der Waals surface area contributed by atoms with Gasteiger partial charge < -0.3 is 15.0 Å². The van der Waals surface area contributed by atoms with E-state index in [1.165, 1.54) is 16.5 Å². The molecule has 0 bridgehead atoms. The quantitative estimate of drug-likeness (QED) is 0.530. The molecule has 0 saturated heterocycles. The molecule has 1 atom stereocenters. The molecule has 1 unspecified atom stereocenters. The molecule has 0 aromatic heterocycles. The van der Waals surface area contributed by atoms with Gasteiger partial charge in [0, 0.05) is 18.7 Å². The zero-order valence-electron chi connectivity index (χ0n) is 18.9. The van der Waals surface area contributed by atoms with Crippen molar-refractivity contribution in [1.82, 2.24) is 10.2 Å². The van der Waals surface area contributed by atoms with Gasteiger partial charge in [-0.3, -0.25) is 9.59 Å². The Morgan fingerprint density at radius 1 is 1.06 bits per heavy atom. The normalized spacial score (nSPS) is 11.8. The van der Waals surface area contributed by atoms with Crippen LogP contribution < -0.4 is 10.1 Å². The molecule has 2 amide bonds. The van der Waals surface area contributed by atoms with E-state index >= 15 is 0 Å². The van der Waals surface area contributed by atoms with Crippen LogP contribution in [-0.4, -0.2) is 35.9 Å². The van der Waals surface area contributed by atoms with Crippen LogP contribution >= 0.6 is 0 Å². The van der Waals surface area contributed by atoms with E-state index in [0.717, 1.165) is 12.8 Å². The second-order valence-corrected chi connectivity index (χ2v) is 7.95. The third-order valence-corrected chi connectivity index (χ3v) is 5.20. The molecule has 0 spiro atoms. The van der Waals surface area contributed by atoms with E-state index in [-0.39, 0.29) is 25.0 Å². The molecule has 0 aliphatic carbocycles. The van der Waals surface area contributed by atoms with E-state index in [4.69, 9.17) is 4.74 Å². The van der Waals surface area contributed by atoms with E-state index in [2.05, 4.69) is 19.2 Å². The van der Waals surface area contributed by atoms with Crippen molar-refractivity contribution >= 4 is 11.8 Å². The number of carbonyl (C=O) groups is 2. The van der Waals surface area contributed by atoms with Crippen LogP contribution in [0.4, 0.5) is 4.39 Å². The first-order chi connectivity index (χ1) is 14.8. The van der Waals surface area contributed by atoms with Gasteiger partial charge in [0.1, 0.15) is 17.6 Å². The molecular weight excluding hydrogens is 395 g/mol.